The average Bonchev–Trinajstić information content (AvgIpc) is 2.94. The van der Waals surface area contributed by atoms with E-state index in [2.05, 4.69) is 9.97 Å². The zero-order valence-electron chi connectivity index (χ0n) is 15.2. The van der Waals surface area contributed by atoms with Gasteiger partial charge < -0.3 is 4.74 Å². The summed E-state index contributed by atoms with van der Waals surface area (Å²) in [5.74, 6) is -1.11. The van der Waals surface area contributed by atoms with E-state index in [1.165, 1.54) is 22.8 Å². The van der Waals surface area contributed by atoms with Gasteiger partial charge in [-0.1, -0.05) is 0 Å². The number of ketones is 1. The van der Waals surface area contributed by atoms with Crippen molar-refractivity contribution >= 4 is 27.5 Å². The first-order valence-electron chi connectivity index (χ1n) is 8.28. The lowest BCUT2D eigenvalue weighted by Crippen LogP contribution is -2.34. The van der Waals surface area contributed by atoms with Crippen molar-refractivity contribution in [3.8, 4) is 0 Å². The highest BCUT2D eigenvalue weighted by molar-refractivity contribution is 7.92. The van der Waals surface area contributed by atoms with Gasteiger partial charge in [0.25, 0.3) is 0 Å². The molecule has 9 heteroatoms. The zero-order chi connectivity index (χ0) is 19.8. The summed E-state index contributed by atoms with van der Waals surface area (Å²) < 4.78 is 30.3. The Morgan fingerprint density at radius 2 is 2.00 bits per heavy atom. The average molecular weight is 389 g/mol. The van der Waals surface area contributed by atoms with E-state index in [0.29, 0.717) is 23.4 Å². The van der Waals surface area contributed by atoms with Crippen molar-refractivity contribution in [3.05, 3.63) is 53.1 Å². The third kappa shape index (κ3) is 3.97. The number of hydrogen-bond donors (Lipinski definition) is 0. The van der Waals surface area contributed by atoms with Crippen LogP contribution in [0.3, 0.4) is 0 Å². The molecule has 8 nitrogen and oxygen atoms in total. The standard InChI is InChI=1S/C18H19N3O5S/c1-11-8-20-15(9-19-11)18(23)26-10-17(22)13-4-5-16-14(7-13)6-12(2)21(16)27(3,24)25/h4-5,7-9,12H,6,10H2,1-3H3/t12-/m0/s1. The van der Waals surface area contributed by atoms with Crippen LogP contribution in [0, 0.1) is 6.92 Å². The van der Waals surface area contributed by atoms with Crippen molar-refractivity contribution in [1.29, 1.82) is 0 Å². The maximum atomic E-state index is 12.3. The zero-order valence-corrected chi connectivity index (χ0v) is 16.0. The number of carbonyl (C=O) groups is 2. The molecule has 2 heterocycles. The van der Waals surface area contributed by atoms with Gasteiger partial charge in [0.2, 0.25) is 10.0 Å². The van der Waals surface area contributed by atoms with Gasteiger partial charge in [0, 0.05) is 17.8 Å². The predicted molar refractivity (Wildman–Crippen MR) is 98.3 cm³/mol. The number of rotatable bonds is 5. The largest absolute Gasteiger partial charge is 0.453 e. The molecule has 0 saturated heterocycles. The van der Waals surface area contributed by atoms with E-state index in [1.807, 2.05) is 6.92 Å². The van der Waals surface area contributed by atoms with Crippen LogP contribution in [0.1, 0.15) is 39.0 Å². The number of aryl methyl sites for hydroxylation is 1. The van der Waals surface area contributed by atoms with Crippen molar-refractivity contribution in [2.45, 2.75) is 26.3 Å². The molecular weight excluding hydrogens is 370 g/mol. The van der Waals surface area contributed by atoms with Crippen molar-refractivity contribution in [2.75, 3.05) is 17.2 Å². The van der Waals surface area contributed by atoms with Gasteiger partial charge in [0.05, 0.1) is 23.8 Å². The van der Waals surface area contributed by atoms with E-state index >= 15 is 0 Å². The van der Waals surface area contributed by atoms with Gasteiger partial charge >= 0.3 is 5.97 Å². The second kappa shape index (κ2) is 7.07. The first kappa shape index (κ1) is 19.0. The molecule has 27 heavy (non-hydrogen) atoms. The van der Waals surface area contributed by atoms with E-state index in [1.54, 1.807) is 19.1 Å². The van der Waals surface area contributed by atoms with Gasteiger partial charge in [-0.15, -0.1) is 0 Å². The maximum absolute atomic E-state index is 12.3. The summed E-state index contributed by atoms with van der Waals surface area (Å²) in [6, 6.07) is 4.59. The van der Waals surface area contributed by atoms with Crippen molar-refractivity contribution in [1.82, 2.24) is 9.97 Å². The van der Waals surface area contributed by atoms with Gasteiger partial charge in [-0.3, -0.25) is 14.1 Å². The molecule has 1 aromatic carbocycles. The minimum atomic E-state index is -3.39. The number of carbonyl (C=O) groups excluding carboxylic acids is 2. The number of fused-ring (bicyclic) bond motifs is 1. The summed E-state index contributed by atoms with van der Waals surface area (Å²) in [6.07, 6.45) is 4.40. The van der Waals surface area contributed by atoms with Gasteiger partial charge in [-0.2, -0.15) is 0 Å². The molecule has 1 aromatic heterocycles. The summed E-state index contributed by atoms with van der Waals surface area (Å²) in [7, 11) is -3.39. The van der Waals surface area contributed by atoms with Crippen LogP contribution in [-0.4, -0.2) is 49.0 Å². The number of ether oxygens (including phenoxy) is 1. The van der Waals surface area contributed by atoms with Gasteiger partial charge in [-0.25, -0.2) is 18.2 Å². The number of anilines is 1. The number of esters is 1. The van der Waals surface area contributed by atoms with Crippen LogP contribution in [-0.2, 0) is 21.2 Å². The highest BCUT2D eigenvalue weighted by Gasteiger charge is 2.32. The Morgan fingerprint density at radius 3 is 2.63 bits per heavy atom. The highest BCUT2D eigenvalue weighted by atomic mass is 32.2. The molecule has 2 aromatic rings. The van der Waals surface area contributed by atoms with Crippen LogP contribution < -0.4 is 4.31 Å². The van der Waals surface area contributed by atoms with Crippen LogP contribution >= 0.6 is 0 Å². The number of benzene rings is 1. The summed E-state index contributed by atoms with van der Waals surface area (Å²) in [5, 5.41) is 0. The Labute approximate surface area is 157 Å². The lowest BCUT2D eigenvalue weighted by atomic mass is 10.0. The first-order valence-corrected chi connectivity index (χ1v) is 10.1. The summed E-state index contributed by atoms with van der Waals surface area (Å²) in [6.45, 7) is 3.12. The molecule has 0 aliphatic carbocycles. The molecule has 0 saturated carbocycles. The lowest BCUT2D eigenvalue weighted by molar-refractivity contribution is 0.0468. The minimum absolute atomic E-state index is 0.0278. The van der Waals surface area contributed by atoms with Crippen molar-refractivity contribution < 1.29 is 22.7 Å². The molecule has 0 amide bonds. The van der Waals surface area contributed by atoms with E-state index < -0.39 is 22.6 Å². The minimum Gasteiger partial charge on any atom is -0.453 e. The second-order valence-corrected chi connectivity index (χ2v) is 8.36. The quantitative estimate of drug-likeness (QED) is 0.564. The molecule has 1 aliphatic heterocycles. The van der Waals surface area contributed by atoms with E-state index in [9.17, 15) is 18.0 Å². The fraction of sp³-hybridized carbons (Fsp3) is 0.333. The number of Topliss-reactive ketones (excluding diaryl/α,β-unsaturated/α-hetero) is 1. The SMILES string of the molecule is Cc1cnc(C(=O)OCC(=O)c2ccc3c(c2)C[C@H](C)N3S(C)(=O)=O)cn1. The molecule has 0 N–H and O–H groups in total. The van der Waals surface area contributed by atoms with Gasteiger partial charge in [-0.05, 0) is 44.0 Å². The van der Waals surface area contributed by atoms with Crippen LogP contribution in [0.2, 0.25) is 0 Å². The van der Waals surface area contributed by atoms with Crippen LogP contribution in [0.5, 0.6) is 0 Å². The second-order valence-electron chi connectivity index (χ2n) is 6.50. The normalized spacial score (nSPS) is 16.1. The summed E-state index contributed by atoms with van der Waals surface area (Å²) in [5.41, 5.74) is 2.40. The van der Waals surface area contributed by atoms with Crippen molar-refractivity contribution in [2.24, 2.45) is 0 Å². The smallest absolute Gasteiger partial charge is 0.358 e. The molecule has 1 aliphatic rings. The third-order valence-electron chi connectivity index (χ3n) is 4.24. The molecule has 0 unspecified atom stereocenters. The number of hydrogen-bond acceptors (Lipinski definition) is 7. The summed E-state index contributed by atoms with van der Waals surface area (Å²) >= 11 is 0. The highest BCUT2D eigenvalue weighted by Crippen LogP contribution is 2.34. The first-order chi connectivity index (χ1) is 12.7. The van der Waals surface area contributed by atoms with E-state index in [0.717, 1.165) is 11.8 Å². The Balaban J connectivity index is 1.71. The molecule has 142 valence electrons. The van der Waals surface area contributed by atoms with Crippen LogP contribution in [0.25, 0.3) is 0 Å². The Kier molecular flexibility index (Phi) is 4.97. The van der Waals surface area contributed by atoms with Gasteiger partial charge in [0.15, 0.2) is 18.1 Å². The number of aromatic nitrogens is 2. The Hall–Kier alpha value is -2.81. The van der Waals surface area contributed by atoms with E-state index in [-0.39, 0.29) is 17.5 Å². The predicted octanol–water partition coefficient (Wildman–Crippen LogP) is 1.54. The number of nitrogens with zero attached hydrogens (tertiary/aromatic N) is 3. The Bertz CT molecular complexity index is 1000. The molecule has 0 radical (unpaired) electrons. The molecule has 0 bridgehead atoms. The third-order valence-corrected chi connectivity index (χ3v) is 5.51. The van der Waals surface area contributed by atoms with E-state index in [4.69, 9.17) is 4.74 Å². The Morgan fingerprint density at radius 1 is 1.26 bits per heavy atom. The molecule has 1 atom stereocenters. The van der Waals surface area contributed by atoms with Crippen molar-refractivity contribution in [3.63, 3.8) is 0 Å². The topological polar surface area (TPSA) is 107 Å². The molecular formula is C18H19N3O5S. The number of sulfonamides is 1. The maximum Gasteiger partial charge on any atom is 0.358 e. The molecule has 0 fully saturated rings. The fourth-order valence-electron chi connectivity index (χ4n) is 3.07. The van der Waals surface area contributed by atoms with Gasteiger partial charge in [0.1, 0.15) is 0 Å². The lowest BCUT2D eigenvalue weighted by Gasteiger charge is -2.21. The van der Waals surface area contributed by atoms with Crippen LogP contribution in [0.4, 0.5) is 5.69 Å². The molecule has 0 spiro atoms. The summed E-state index contributed by atoms with van der Waals surface area (Å²) in [4.78, 5) is 32.1. The van der Waals surface area contributed by atoms with Crippen LogP contribution in [0.15, 0.2) is 30.6 Å². The molecule has 3 rings (SSSR count). The monoisotopic (exact) mass is 389 g/mol. The fourth-order valence-corrected chi connectivity index (χ4v) is 4.33.